The van der Waals surface area contributed by atoms with Gasteiger partial charge in [0.2, 0.25) is 0 Å². The molecule has 0 saturated carbocycles. The second kappa shape index (κ2) is 6.77. The van der Waals surface area contributed by atoms with E-state index in [1.54, 1.807) is 0 Å². The topological polar surface area (TPSA) is 91.7 Å². The summed E-state index contributed by atoms with van der Waals surface area (Å²) in [5.74, 6) is -0.0138. The number of aromatic nitrogens is 2. The Bertz CT molecular complexity index is 977. The summed E-state index contributed by atoms with van der Waals surface area (Å²) in [7, 11) is 0. The first kappa shape index (κ1) is 17.5. The predicted octanol–water partition coefficient (Wildman–Crippen LogP) is 1.39. The minimum Gasteiger partial charge on any atom is -0.388 e. The summed E-state index contributed by atoms with van der Waals surface area (Å²) >= 11 is 0. The van der Waals surface area contributed by atoms with Crippen LogP contribution < -0.4 is 11.0 Å². The van der Waals surface area contributed by atoms with E-state index in [1.807, 2.05) is 33.7 Å². The maximum atomic E-state index is 12.9. The van der Waals surface area contributed by atoms with Crippen LogP contribution in [0, 0.1) is 0 Å². The summed E-state index contributed by atoms with van der Waals surface area (Å²) < 4.78 is 1.84. The zero-order valence-corrected chi connectivity index (χ0v) is 15.8. The average Bonchev–Trinajstić information content (AvgIpc) is 3.28. The van der Waals surface area contributed by atoms with Crippen molar-refractivity contribution in [3.63, 3.8) is 0 Å². The van der Waals surface area contributed by atoms with Gasteiger partial charge in [0.25, 0.3) is 5.91 Å². The van der Waals surface area contributed by atoms with Gasteiger partial charge in [-0.25, -0.2) is 4.79 Å². The zero-order valence-electron chi connectivity index (χ0n) is 15.8. The summed E-state index contributed by atoms with van der Waals surface area (Å²) in [6.07, 6.45) is 3.90. The Kier molecular flexibility index (Phi) is 4.23. The van der Waals surface area contributed by atoms with Crippen molar-refractivity contribution < 1.29 is 9.63 Å². The van der Waals surface area contributed by atoms with Crippen LogP contribution in [0.5, 0.6) is 0 Å². The van der Waals surface area contributed by atoms with Gasteiger partial charge in [-0.1, -0.05) is 17.3 Å². The molecule has 8 nitrogen and oxygen atoms in total. The summed E-state index contributed by atoms with van der Waals surface area (Å²) in [5.41, 5.74) is 1.97. The maximum Gasteiger partial charge on any atom is 0.326 e. The first-order valence-corrected chi connectivity index (χ1v) is 10.1. The minimum absolute atomic E-state index is 0.0138. The number of carbonyl (C=O) groups excluding carboxylic acids is 1. The highest BCUT2D eigenvalue weighted by atomic mass is 16.7. The summed E-state index contributed by atoms with van der Waals surface area (Å²) in [4.78, 5) is 35.8. The number of benzene rings is 1. The van der Waals surface area contributed by atoms with Crippen LogP contribution in [0.15, 0.2) is 34.2 Å². The molecule has 8 heteroatoms. The van der Waals surface area contributed by atoms with Gasteiger partial charge in [0.05, 0.1) is 11.0 Å². The number of fused-ring (bicyclic) bond motifs is 1. The Morgan fingerprint density at radius 2 is 1.93 bits per heavy atom. The Balaban J connectivity index is 1.25. The van der Waals surface area contributed by atoms with E-state index in [0.717, 1.165) is 49.8 Å². The predicted molar refractivity (Wildman–Crippen MR) is 105 cm³/mol. The number of likely N-dealkylation sites (tertiary alicyclic amines) is 1. The van der Waals surface area contributed by atoms with E-state index in [-0.39, 0.29) is 23.2 Å². The van der Waals surface area contributed by atoms with E-state index < -0.39 is 0 Å². The molecule has 3 aliphatic heterocycles. The van der Waals surface area contributed by atoms with Gasteiger partial charge in [-0.15, -0.1) is 0 Å². The first-order valence-electron chi connectivity index (χ1n) is 10.1. The molecule has 1 spiro atoms. The van der Waals surface area contributed by atoms with Gasteiger partial charge < -0.3 is 20.0 Å². The molecule has 148 valence electrons. The van der Waals surface area contributed by atoms with Crippen molar-refractivity contribution >= 4 is 22.7 Å². The summed E-state index contributed by atoms with van der Waals surface area (Å²) in [6.45, 7) is 3.07. The number of imidazole rings is 1. The number of hydrogen-bond donors (Lipinski definition) is 2. The lowest BCUT2D eigenvalue weighted by atomic mass is 9.87. The van der Waals surface area contributed by atoms with E-state index in [0.29, 0.717) is 25.2 Å². The molecule has 4 heterocycles. The van der Waals surface area contributed by atoms with Crippen molar-refractivity contribution in [1.82, 2.24) is 19.8 Å². The maximum absolute atomic E-state index is 12.9. The molecular formula is C20H25N5O3. The van der Waals surface area contributed by atoms with E-state index >= 15 is 0 Å². The van der Waals surface area contributed by atoms with Crippen LogP contribution in [-0.2, 0) is 9.63 Å². The largest absolute Gasteiger partial charge is 0.388 e. The summed E-state index contributed by atoms with van der Waals surface area (Å²) in [5, 5.41) is 7.47. The normalized spacial score (nSPS) is 22.4. The smallest absolute Gasteiger partial charge is 0.326 e. The third-order valence-electron chi connectivity index (χ3n) is 6.34. The van der Waals surface area contributed by atoms with Gasteiger partial charge in [-0.3, -0.25) is 9.36 Å². The van der Waals surface area contributed by atoms with Gasteiger partial charge in [0, 0.05) is 38.4 Å². The molecule has 1 amide bonds. The lowest BCUT2D eigenvalue weighted by molar-refractivity contribution is -0.125. The number of rotatable bonds is 2. The molecule has 0 atom stereocenters. The van der Waals surface area contributed by atoms with Crippen LogP contribution in [0.4, 0.5) is 0 Å². The molecule has 1 aromatic carbocycles. The van der Waals surface area contributed by atoms with Crippen molar-refractivity contribution in [1.29, 1.82) is 0 Å². The van der Waals surface area contributed by atoms with Gasteiger partial charge in [0.1, 0.15) is 11.3 Å². The average molecular weight is 383 g/mol. The van der Waals surface area contributed by atoms with Gasteiger partial charge in [-0.05, 0) is 38.1 Å². The number of nitrogens with zero attached hydrogens (tertiary/aromatic N) is 3. The molecule has 0 aliphatic carbocycles. The van der Waals surface area contributed by atoms with E-state index in [1.165, 1.54) is 0 Å². The van der Waals surface area contributed by atoms with E-state index in [2.05, 4.69) is 15.5 Å². The monoisotopic (exact) mass is 383 g/mol. The van der Waals surface area contributed by atoms with Gasteiger partial charge in [-0.2, -0.15) is 0 Å². The molecule has 2 aromatic rings. The molecule has 5 rings (SSSR count). The molecule has 3 aliphatic rings. The number of hydrogen-bond acceptors (Lipinski definition) is 5. The SMILES string of the molecule is O=C(C1=NOC2(CCNCC2)C1)N1CCC(n2c(=O)[nH]c3ccccc32)CC1. The first-order chi connectivity index (χ1) is 13.7. The van der Waals surface area contributed by atoms with E-state index in [4.69, 9.17) is 4.84 Å². The number of para-hydroxylation sites is 2. The van der Waals surface area contributed by atoms with E-state index in [9.17, 15) is 9.59 Å². The Morgan fingerprint density at radius 3 is 2.71 bits per heavy atom. The molecule has 2 N–H and O–H groups in total. The Labute approximate surface area is 162 Å². The number of piperidine rings is 2. The second-order valence-electron chi connectivity index (χ2n) is 8.08. The van der Waals surface area contributed by atoms with Crippen LogP contribution in [-0.4, -0.2) is 57.8 Å². The van der Waals surface area contributed by atoms with Crippen molar-refractivity contribution in [2.75, 3.05) is 26.2 Å². The van der Waals surface area contributed by atoms with Gasteiger partial charge in [0.15, 0.2) is 0 Å². The van der Waals surface area contributed by atoms with Crippen LogP contribution in [0.25, 0.3) is 11.0 Å². The molecule has 0 radical (unpaired) electrons. The molecule has 2 fully saturated rings. The summed E-state index contributed by atoms with van der Waals surface area (Å²) in [6, 6.07) is 7.85. The number of H-pyrrole nitrogens is 1. The molecule has 0 unspecified atom stereocenters. The van der Waals surface area contributed by atoms with Gasteiger partial charge >= 0.3 is 5.69 Å². The number of oxime groups is 1. The van der Waals surface area contributed by atoms with Crippen molar-refractivity contribution in [3.8, 4) is 0 Å². The lowest BCUT2D eigenvalue weighted by Gasteiger charge is -2.33. The number of nitrogens with one attached hydrogen (secondary N) is 2. The van der Waals surface area contributed by atoms with Crippen LogP contribution in [0.2, 0.25) is 0 Å². The number of carbonyl (C=O) groups is 1. The fraction of sp³-hybridized carbons (Fsp3) is 0.550. The molecule has 28 heavy (non-hydrogen) atoms. The molecule has 1 aromatic heterocycles. The van der Waals surface area contributed by atoms with Crippen molar-refractivity contribution in [3.05, 3.63) is 34.7 Å². The highest BCUT2D eigenvalue weighted by Crippen LogP contribution is 2.33. The Hall–Kier alpha value is -2.61. The molecule has 0 bridgehead atoms. The van der Waals surface area contributed by atoms with Crippen molar-refractivity contribution in [2.24, 2.45) is 5.16 Å². The molecule has 2 saturated heterocycles. The third-order valence-corrected chi connectivity index (χ3v) is 6.34. The lowest BCUT2D eigenvalue weighted by Crippen LogP contribution is -2.45. The second-order valence-corrected chi connectivity index (χ2v) is 8.08. The van der Waals surface area contributed by atoms with Crippen LogP contribution in [0.3, 0.4) is 0 Å². The van der Waals surface area contributed by atoms with Crippen LogP contribution in [0.1, 0.15) is 38.1 Å². The standard InChI is InChI=1S/C20H25N5O3/c26-18(16-13-20(28-23-16)7-9-21-10-8-20)24-11-5-14(6-12-24)25-17-4-2-1-3-15(17)22-19(25)27/h1-4,14,21H,5-13H2,(H,22,27). The highest BCUT2D eigenvalue weighted by Gasteiger charge is 2.43. The fourth-order valence-corrected chi connectivity index (χ4v) is 4.73. The minimum atomic E-state index is -0.286. The quantitative estimate of drug-likeness (QED) is 0.820. The van der Waals surface area contributed by atoms with Crippen molar-refractivity contribution in [2.45, 2.75) is 43.7 Å². The number of amides is 1. The third kappa shape index (κ3) is 2.92. The fourth-order valence-electron chi connectivity index (χ4n) is 4.73. The molecular weight excluding hydrogens is 358 g/mol. The van der Waals surface area contributed by atoms with Crippen LogP contribution >= 0.6 is 0 Å². The highest BCUT2D eigenvalue weighted by molar-refractivity contribution is 6.39. The number of aromatic amines is 1. The zero-order chi connectivity index (χ0) is 19.1. The Morgan fingerprint density at radius 1 is 1.18 bits per heavy atom.